The molecule has 0 bridgehead atoms. The van der Waals surface area contributed by atoms with Gasteiger partial charge in [0.15, 0.2) is 5.16 Å². The summed E-state index contributed by atoms with van der Waals surface area (Å²) in [6.45, 7) is 4.12. The summed E-state index contributed by atoms with van der Waals surface area (Å²) < 4.78 is 0. The summed E-state index contributed by atoms with van der Waals surface area (Å²) in [5, 5.41) is 4.34. The van der Waals surface area contributed by atoms with Gasteiger partial charge in [0, 0.05) is 24.7 Å². The van der Waals surface area contributed by atoms with E-state index in [4.69, 9.17) is 0 Å². The molecule has 0 unspecified atom stereocenters. The number of nitrogens with one attached hydrogen (secondary N) is 1. The maximum absolute atomic E-state index is 4.19. The van der Waals surface area contributed by atoms with Crippen LogP contribution in [0.5, 0.6) is 0 Å². The number of halogens is 1. The number of hydrogen-bond donors (Lipinski definition) is 1. The monoisotopic (exact) mass is 309 g/mol. The first kappa shape index (κ1) is 17.0. The first-order chi connectivity index (χ1) is 9.36. The van der Waals surface area contributed by atoms with Crippen LogP contribution in [0.4, 0.5) is 0 Å². The number of benzene rings is 1. The van der Waals surface area contributed by atoms with E-state index < -0.39 is 0 Å². The Labute approximate surface area is 131 Å². The van der Waals surface area contributed by atoms with Gasteiger partial charge in [0.1, 0.15) is 0 Å². The lowest BCUT2D eigenvalue weighted by Crippen LogP contribution is -2.15. The number of hydrogen-bond acceptors (Lipinski definition) is 4. The van der Waals surface area contributed by atoms with Crippen molar-refractivity contribution >= 4 is 24.2 Å². The van der Waals surface area contributed by atoms with E-state index in [1.807, 2.05) is 6.07 Å². The second-order valence-corrected chi connectivity index (χ2v) is 5.40. The van der Waals surface area contributed by atoms with E-state index in [9.17, 15) is 0 Å². The predicted octanol–water partition coefficient (Wildman–Crippen LogP) is 3.48. The average molecular weight is 310 g/mol. The fraction of sp³-hybridized carbons (Fsp3) is 0.333. The van der Waals surface area contributed by atoms with Crippen molar-refractivity contribution in [1.82, 2.24) is 15.3 Å². The summed E-state index contributed by atoms with van der Waals surface area (Å²) in [7, 11) is 0. The lowest BCUT2D eigenvalue weighted by atomic mass is 10.1. The van der Waals surface area contributed by atoms with Gasteiger partial charge in [-0.05, 0) is 37.1 Å². The van der Waals surface area contributed by atoms with E-state index in [1.54, 1.807) is 24.2 Å². The molecule has 0 atom stereocenters. The van der Waals surface area contributed by atoms with Crippen LogP contribution in [0.1, 0.15) is 17.5 Å². The normalized spacial score (nSPS) is 10.1. The minimum atomic E-state index is 0. The molecule has 2 aromatic rings. The van der Waals surface area contributed by atoms with Crippen LogP contribution in [0.25, 0.3) is 0 Å². The molecule has 1 heterocycles. The van der Waals surface area contributed by atoms with Crippen LogP contribution < -0.4 is 5.32 Å². The first-order valence-electron chi connectivity index (χ1n) is 6.51. The Morgan fingerprint density at radius 2 is 1.85 bits per heavy atom. The zero-order chi connectivity index (χ0) is 13.3. The summed E-state index contributed by atoms with van der Waals surface area (Å²) in [4.78, 5) is 8.37. The van der Waals surface area contributed by atoms with Crippen LogP contribution in [-0.2, 0) is 6.54 Å². The predicted molar refractivity (Wildman–Crippen MR) is 87.5 cm³/mol. The third-order valence-corrected chi connectivity index (χ3v) is 3.81. The van der Waals surface area contributed by atoms with Crippen LogP contribution in [0.3, 0.4) is 0 Å². The fourth-order valence-electron chi connectivity index (χ4n) is 1.75. The van der Waals surface area contributed by atoms with E-state index in [1.165, 1.54) is 11.1 Å². The molecule has 1 N–H and O–H groups in total. The van der Waals surface area contributed by atoms with Gasteiger partial charge in [-0.2, -0.15) is 0 Å². The molecule has 0 aliphatic carbocycles. The van der Waals surface area contributed by atoms with Crippen LogP contribution in [0.15, 0.2) is 47.9 Å². The largest absolute Gasteiger partial charge is 0.313 e. The fourth-order valence-corrected chi connectivity index (χ4v) is 2.49. The maximum Gasteiger partial charge on any atom is 0.187 e. The number of rotatable bonds is 7. The van der Waals surface area contributed by atoms with E-state index in [0.717, 1.165) is 30.4 Å². The van der Waals surface area contributed by atoms with Crippen LogP contribution >= 0.6 is 24.2 Å². The number of nitrogens with zero attached hydrogens (tertiary/aromatic N) is 2. The zero-order valence-corrected chi connectivity index (χ0v) is 13.2. The Bertz CT molecular complexity index is 493. The molecule has 108 valence electrons. The Hall–Kier alpha value is -1.10. The molecule has 3 nitrogen and oxygen atoms in total. The van der Waals surface area contributed by atoms with E-state index in [-0.39, 0.29) is 12.4 Å². The zero-order valence-electron chi connectivity index (χ0n) is 11.6. The molecule has 5 heteroatoms. The minimum Gasteiger partial charge on any atom is -0.313 e. The van der Waals surface area contributed by atoms with Crippen molar-refractivity contribution in [3.63, 3.8) is 0 Å². The second kappa shape index (κ2) is 9.75. The number of thioether (sulfide) groups is 1. The minimum absolute atomic E-state index is 0. The van der Waals surface area contributed by atoms with Crippen molar-refractivity contribution in [1.29, 1.82) is 0 Å². The van der Waals surface area contributed by atoms with Crippen molar-refractivity contribution in [2.24, 2.45) is 0 Å². The Morgan fingerprint density at radius 3 is 2.60 bits per heavy atom. The van der Waals surface area contributed by atoms with Gasteiger partial charge in [0.2, 0.25) is 0 Å². The molecule has 20 heavy (non-hydrogen) atoms. The van der Waals surface area contributed by atoms with Gasteiger partial charge in [0.25, 0.3) is 0 Å². The van der Waals surface area contributed by atoms with E-state index in [0.29, 0.717) is 0 Å². The van der Waals surface area contributed by atoms with Gasteiger partial charge in [-0.3, -0.25) is 0 Å². The molecule has 0 aliphatic heterocycles. The Kier molecular flexibility index (Phi) is 8.26. The van der Waals surface area contributed by atoms with Gasteiger partial charge in [0.05, 0.1) is 0 Å². The van der Waals surface area contributed by atoms with Gasteiger partial charge in [-0.1, -0.05) is 36.0 Å². The molecule has 0 spiro atoms. The topological polar surface area (TPSA) is 37.8 Å². The maximum atomic E-state index is 4.19. The molecular weight excluding hydrogens is 290 g/mol. The number of aromatic nitrogens is 2. The summed E-state index contributed by atoms with van der Waals surface area (Å²) in [6, 6.07) is 10.3. The van der Waals surface area contributed by atoms with E-state index in [2.05, 4.69) is 46.5 Å². The second-order valence-electron chi connectivity index (χ2n) is 4.34. The molecule has 0 aliphatic rings. The van der Waals surface area contributed by atoms with Gasteiger partial charge in [-0.15, -0.1) is 12.4 Å². The summed E-state index contributed by atoms with van der Waals surface area (Å²) in [5.41, 5.74) is 2.73. The van der Waals surface area contributed by atoms with E-state index >= 15 is 0 Å². The number of aryl methyl sites for hydroxylation is 1. The molecule has 0 fully saturated rings. The first-order valence-corrected chi connectivity index (χ1v) is 7.50. The molecule has 0 saturated carbocycles. The van der Waals surface area contributed by atoms with Crippen LogP contribution in [-0.4, -0.2) is 22.3 Å². The van der Waals surface area contributed by atoms with Gasteiger partial charge < -0.3 is 5.32 Å². The molecule has 0 saturated heterocycles. The molecule has 0 radical (unpaired) electrons. The standard InChI is InChI=1S/C15H19N3S.ClH/c1-13-6-2-3-7-14(13)12-16-8-5-11-19-15-17-9-4-10-18-15;/h2-4,6-7,9-10,16H,5,8,11-12H2,1H3;1H. The summed E-state index contributed by atoms with van der Waals surface area (Å²) in [6.07, 6.45) is 4.69. The molecule has 1 aromatic heterocycles. The van der Waals surface area contributed by atoms with Crippen molar-refractivity contribution in [2.75, 3.05) is 12.3 Å². The lowest BCUT2D eigenvalue weighted by molar-refractivity contribution is 0.676. The third kappa shape index (κ3) is 5.90. The van der Waals surface area contributed by atoms with Crippen LogP contribution in [0, 0.1) is 6.92 Å². The smallest absolute Gasteiger partial charge is 0.187 e. The highest BCUT2D eigenvalue weighted by Gasteiger charge is 1.97. The quantitative estimate of drug-likeness (QED) is 0.483. The summed E-state index contributed by atoms with van der Waals surface area (Å²) in [5.74, 6) is 1.05. The Morgan fingerprint density at radius 1 is 1.10 bits per heavy atom. The van der Waals surface area contributed by atoms with Gasteiger partial charge in [-0.25, -0.2) is 9.97 Å². The molecular formula is C15H20ClN3S. The Balaban J connectivity index is 0.00000200. The summed E-state index contributed by atoms with van der Waals surface area (Å²) >= 11 is 1.71. The average Bonchev–Trinajstić information content (AvgIpc) is 2.45. The highest BCUT2D eigenvalue weighted by Crippen LogP contribution is 2.11. The molecule has 0 amide bonds. The SMILES string of the molecule is Cc1ccccc1CNCCCSc1ncccn1.Cl. The van der Waals surface area contributed by atoms with Crippen molar-refractivity contribution < 1.29 is 0 Å². The highest BCUT2D eigenvalue weighted by atomic mass is 35.5. The van der Waals surface area contributed by atoms with Crippen LogP contribution in [0.2, 0.25) is 0 Å². The lowest BCUT2D eigenvalue weighted by Gasteiger charge is -2.07. The third-order valence-electron chi connectivity index (χ3n) is 2.85. The van der Waals surface area contributed by atoms with Crippen molar-refractivity contribution in [3.05, 3.63) is 53.9 Å². The van der Waals surface area contributed by atoms with Crippen molar-refractivity contribution in [3.8, 4) is 0 Å². The molecule has 1 aromatic carbocycles. The highest BCUT2D eigenvalue weighted by molar-refractivity contribution is 7.99. The molecule has 2 rings (SSSR count). The van der Waals surface area contributed by atoms with Gasteiger partial charge >= 0.3 is 0 Å². The van der Waals surface area contributed by atoms with Crippen molar-refractivity contribution in [2.45, 2.75) is 25.0 Å².